The highest BCUT2D eigenvalue weighted by atomic mass is 16.5. The van der Waals surface area contributed by atoms with Gasteiger partial charge < -0.3 is 4.74 Å². The summed E-state index contributed by atoms with van der Waals surface area (Å²) in [6, 6.07) is 8.97. The third-order valence-electron chi connectivity index (χ3n) is 1.62. The summed E-state index contributed by atoms with van der Waals surface area (Å²) in [6.45, 7) is 3.48. The zero-order valence-electron chi connectivity index (χ0n) is 8.28. The second-order valence-corrected chi connectivity index (χ2v) is 2.76. The Labute approximate surface area is 83.5 Å². The number of para-hydroxylation sites is 1. The molecule has 14 heavy (non-hydrogen) atoms. The van der Waals surface area contributed by atoms with Crippen LogP contribution < -0.4 is 4.74 Å². The van der Waals surface area contributed by atoms with Gasteiger partial charge in [-0.3, -0.25) is 0 Å². The van der Waals surface area contributed by atoms with Gasteiger partial charge in [0.1, 0.15) is 5.75 Å². The predicted octanol–water partition coefficient (Wildman–Crippen LogP) is 2.71. The number of carbonyl (C=O) groups is 1. The van der Waals surface area contributed by atoms with E-state index < -0.39 is 0 Å². The number of carbonyl (C=O) groups excluding carboxylic acids is 1. The fourth-order valence-electron chi connectivity index (χ4n) is 0.948. The number of hydrogen-bond donors (Lipinski definition) is 0. The van der Waals surface area contributed by atoms with Gasteiger partial charge in [-0.1, -0.05) is 18.2 Å². The first kappa shape index (κ1) is 10.3. The second-order valence-electron chi connectivity index (χ2n) is 2.76. The van der Waals surface area contributed by atoms with Crippen LogP contribution in [0.25, 0.3) is 0 Å². The van der Waals surface area contributed by atoms with Gasteiger partial charge in [-0.05, 0) is 32.1 Å². The van der Waals surface area contributed by atoms with Crippen LogP contribution in [0.2, 0.25) is 0 Å². The van der Waals surface area contributed by atoms with Gasteiger partial charge in [0.15, 0.2) is 0 Å². The SMILES string of the molecule is CC=C=C(C)C(=O)Oc1ccccc1. The van der Waals surface area contributed by atoms with Crippen molar-refractivity contribution in [2.75, 3.05) is 0 Å². The third-order valence-corrected chi connectivity index (χ3v) is 1.62. The van der Waals surface area contributed by atoms with Crippen molar-refractivity contribution in [3.8, 4) is 5.75 Å². The van der Waals surface area contributed by atoms with E-state index in [9.17, 15) is 4.79 Å². The standard InChI is InChI=1S/C12H12O2/c1-3-7-10(2)12(13)14-11-8-5-4-6-9-11/h3-6,8-9H,1-2H3. The monoisotopic (exact) mass is 188 g/mol. The van der Waals surface area contributed by atoms with Crippen LogP contribution in [-0.2, 0) is 4.79 Å². The first-order valence-electron chi connectivity index (χ1n) is 4.39. The summed E-state index contributed by atoms with van der Waals surface area (Å²) in [6.07, 6.45) is 1.68. The Kier molecular flexibility index (Phi) is 3.71. The average molecular weight is 188 g/mol. The fraction of sp³-hybridized carbons (Fsp3) is 0.167. The van der Waals surface area contributed by atoms with Gasteiger partial charge in [-0.25, -0.2) is 4.79 Å². The van der Waals surface area contributed by atoms with Crippen LogP contribution in [0.15, 0.2) is 47.7 Å². The van der Waals surface area contributed by atoms with Crippen LogP contribution in [0.3, 0.4) is 0 Å². The molecular weight excluding hydrogens is 176 g/mol. The van der Waals surface area contributed by atoms with Crippen molar-refractivity contribution in [1.82, 2.24) is 0 Å². The lowest BCUT2D eigenvalue weighted by molar-refractivity contribution is -0.130. The van der Waals surface area contributed by atoms with Crippen molar-refractivity contribution in [2.45, 2.75) is 13.8 Å². The quantitative estimate of drug-likeness (QED) is 0.309. The van der Waals surface area contributed by atoms with E-state index in [-0.39, 0.29) is 5.97 Å². The van der Waals surface area contributed by atoms with E-state index in [1.54, 1.807) is 32.1 Å². The van der Waals surface area contributed by atoms with E-state index >= 15 is 0 Å². The van der Waals surface area contributed by atoms with Gasteiger partial charge in [-0.15, -0.1) is 5.73 Å². The van der Waals surface area contributed by atoms with Crippen molar-refractivity contribution in [3.05, 3.63) is 47.7 Å². The summed E-state index contributed by atoms with van der Waals surface area (Å²) in [5, 5.41) is 0. The van der Waals surface area contributed by atoms with Gasteiger partial charge in [0.2, 0.25) is 0 Å². The summed E-state index contributed by atoms with van der Waals surface area (Å²) in [5.74, 6) is 0.184. The molecule has 0 atom stereocenters. The fourth-order valence-corrected chi connectivity index (χ4v) is 0.948. The molecule has 2 nitrogen and oxygen atoms in total. The van der Waals surface area contributed by atoms with E-state index in [4.69, 9.17) is 4.74 Å². The van der Waals surface area contributed by atoms with Crippen molar-refractivity contribution < 1.29 is 9.53 Å². The Balaban J connectivity index is 2.72. The zero-order chi connectivity index (χ0) is 10.4. The van der Waals surface area contributed by atoms with Crippen molar-refractivity contribution in [2.24, 2.45) is 0 Å². The highest BCUT2D eigenvalue weighted by Gasteiger charge is 2.05. The van der Waals surface area contributed by atoms with Gasteiger partial charge in [-0.2, -0.15) is 0 Å². The lowest BCUT2D eigenvalue weighted by Gasteiger charge is -2.01. The molecule has 0 aliphatic carbocycles. The number of benzene rings is 1. The Hall–Kier alpha value is -1.79. The first-order valence-corrected chi connectivity index (χ1v) is 4.39. The third kappa shape index (κ3) is 2.92. The molecule has 0 spiro atoms. The van der Waals surface area contributed by atoms with Gasteiger partial charge in [0.05, 0.1) is 5.57 Å². The molecule has 0 fully saturated rings. The van der Waals surface area contributed by atoms with Crippen LogP contribution in [-0.4, -0.2) is 5.97 Å². The van der Waals surface area contributed by atoms with Crippen LogP contribution in [0.4, 0.5) is 0 Å². The van der Waals surface area contributed by atoms with E-state index in [0.717, 1.165) is 0 Å². The van der Waals surface area contributed by atoms with Crippen LogP contribution in [0, 0.1) is 0 Å². The highest BCUT2D eigenvalue weighted by molar-refractivity contribution is 5.89. The minimum atomic E-state index is -0.366. The molecule has 0 saturated heterocycles. The molecule has 1 aromatic rings. The van der Waals surface area contributed by atoms with Crippen LogP contribution in [0.5, 0.6) is 5.75 Å². The largest absolute Gasteiger partial charge is 0.423 e. The molecule has 0 heterocycles. The van der Waals surface area contributed by atoms with Crippen LogP contribution >= 0.6 is 0 Å². The summed E-state index contributed by atoms with van der Waals surface area (Å²) >= 11 is 0. The molecule has 0 saturated carbocycles. The van der Waals surface area contributed by atoms with E-state index in [2.05, 4.69) is 5.73 Å². The minimum absolute atomic E-state index is 0.366. The molecule has 0 aliphatic heterocycles. The number of hydrogen-bond acceptors (Lipinski definition) is 2. The Morgan fingerprint density at radius 1 is 1.36 bits per heavy atom. The summed E-state index contributed by atoms with van der Waals surface area (Å²) in [7, 11) is 0. The molecule has 2 heteroatoms. The minimum Gasteiger partial charge on any atom is -0.423 e. The van der Waals surface area contributed by atoms with Gasteiger partial charge >= 0.3 is 5.97 Å². The van der Waals surface area contributed by atoms with Gasteiger partial charge in [0, 0.05) is 0 Å². The Bertz CT molecular complexity index is 371. The molecule has 0 aliphatic rings. The molecule has 72 valence electrons. The Morgan fingerprint density at radius 2 is 2.00 bits per heavy atom. The number of esters is 1. The zero-order valence-corrected chi connectivity index (χ0v) is 8.28. The smallest absolute Gasteiger partial charge is 0.346 e. The van der Waals surface area contributed by atoms with E-state index in [0.29, 0.717) is 11.3 Å². The maximum absolute atomic E-state index is 11.4. The maximum atomic E-state index is 11.4. The normalized spacial score (nSPS) is 8.71. The molecule has 0 bridgehead atoms. The summed E-state index contributed by atoms with van der Waals surface area (Å²) < 4.78 is 5.07. The maximum Gasteiger partial charge on any atom is 0.346 e. The lowest BCUT2D eigenvalue weighted by Crippen LogP contribution is -2.08. The molecule has 0 amide bonds. The van der Waals surface area contributed by atoms with E-state index in [1.807, 2.05) is 18.2 Å². The molecule has 0 N–H and O–H groups in total. The lowest BCUT2D eigenvalue weighted by atomic mass is 10.3. The number of ether oxygens (including phenoxy) is 1. The molecular formula is C12H12O2. The summed E-state index contributed by atoms with van der Waals surface area (Å²) in [5.41, 5.74) is 3.25. The average Bonchev–Trinajstić information content (AvgIpc) is 2.19. The summed E-state index contributed by atoms with van der Waals surface area (Å²) in [4.78, 5) is 11.4. The molecule has 1 rings (SSSR count). The highest BCUT2D eigenvalue weighted by Crippen LogP contribution is 2.10. The molecule has 0 unspecified atom stereocenters. The van der Waals surface area contributed by atoms with Crippen molar-refractivity contribution >= 4 is 5.97 Å². The van der Waals surface area contributed by atoms with Crippen molar-refractivity contribution in [1.29, 1.82) is 0 Å². The number of rotatable bonds is 2. The topological polar surface area (TPSA) is 26.3 Å². The van der Waals surface area contributed by atoms with Crippen LogP contribution in [0.1, 0.15) is 13.8 Å². The molecule has 1 aromatic carbocycles. The molecule has 0 aromatic heterocycles. The van der Waals surface area contributed by atoms with Crippen molar-refractivity contribution in [3.63, 3.8) is 0 Å². The van der Waals surface area contributed by atoms with E-state index in [1.165, 1.54) is 0 Å². The molecule has 0 radical (unpaired) electrons. The van der Waals surface area contributed by atoms with Gasteiger partial charge in [0.25, 0.3) is 0 Å². The predicted molar refractivity (Wildman–Crippen MR) is 55.0 cm³/mol. The second kappa shape index (κ2) is 5.05. The first-order chi connectivity index (χ1) is 6.74. The Morgan fingerprint density at radius 3 is 2.57 bits per heavy atom.